The third kappa shape index (κ3) is 3.52. The first-order chi connectivity index (χ1) is 16.4. The minimum Gasteiger partial charge on any atom is -0.455 e. The number of aromatic nitrogens is 2. The molecule has 2 heterocycles. The monoisotopic (exact) mass is 424 g/mol. The molecule has 0 N–H and O–H groups in total. The Hall–Kier alpha value is -4.42. The Morgan fingerprint density at radius 3 is 2.33 bits per heavy atom. The van der Waals surface area contributed by atoms with E-state index in [1.165, 1.54) is 5.56 Å². The average Bonchev–Trinajstić information content (AvgIpc) is 3.29. The average molecular weight is 425 g/mol. The fraction of sp³-hybridized carbons (Fsp3) is 0.0667. The van der Waals surface area contributed by atoms with E-state index in [0.717, 1.165) is 57.7 Å². The highest BCUT2D eigenvalue weighted by molar-refractivity contribution is 5.87. The van der Waals surface area contributed by atoms with Crippen molar-refractivity contribution in [2.45, 2.75) is 12.8 Å². The van der Waals surface area contributed by atoms with Crippen molar-refractivity contribution in [2.24, 2.45) is 0 Å². The first-order valence-electron chi connectivity index (χ1n) is 11.1. The van der Waals surface area contributed by atoms with Gasteiger partial charge in [0.1, 0.15) is 11.5 Å². The maximum atomic E-state index is 6.59. The van der Waals surface area contributed by atoms with Crippen molar-refractivity contribution in [2.75, 3.05) is 0 Å². The van der Waals surface area contributed by atoms with Gasteiger partial charge in [-0.25, -0.2) is 9.97 Å². The van der Waals surface area contributed by atoms with Gasteiger partial charge in [0, 0.05) is 45.8 Å². The Morgan fingerprint density at radius 1 is 0.758 bits per heavy atom. The molecule has 3 aromatic carbocycles. The molecular weight excluding hydrogens is 404 g/mol. The van der Waals surface area contributed by atoms with Crippen LogP contribution in [-0.2, 0) is 6.42 Å². The van der Waals surface area contributed by atoms with Crippen LogP contribution in [0.25, 0.3) is 51.2 Å². The van der Waals surface area contributed by atoms with Crippen LogP contribution < -0.4 is 0 Å². The maximum Gasteiger partial charge on any atom is 0.159 e. The van der Waals surface area contributed by atoms with Crippen LogP contribution in [0.5, 0.6) is 0 Å². The van der Waals surface area contributed by atoms with Gasteiger partial charge in [0.2, 0.25) is 0 Å². The minimum absolute atomic E-state index is 0.705. The largest absolute Gasteiger partial charge is 0.455 e. The minimum atomic E-state index is 0.705. The SMILES string of the molecule is c1cccc(-c2ccccc2-c2oc(-c3cnc(-c4ccccc4)nc3)c3c2CCC=C3)c#1. The molecule has 1 aliphatic rings. The molecule has 2 aromatic heterocycles. The highest BCUT2D eigenvalue weighted by atomic mass is 16.3. The molecule has 0 saturated heterocycles. The summed E-state index contributed by atoms with van der Waals surface area (Å²) in [4.78, 5) is 9.23. The molecule has 0 atom stereocenters. The Kier molecular flexibility index (Phi) is 4.82. The lowest BCUT2D eigenvalue weighted by atomic mass is 9.91. The van der Waals surface area contributed by atoms with E-state index in [-0.39, 0.29) is 0 Å². The molecule has 0 aliphatic heterocycles. The van der Waals surface area contributed by atoms with Gasteiger partial charge in [0.25, 0.3) is 0 Å². The van der Waals surface area contributed by atoms with Gasteiger partial charge in [0.05, 0.1) is 5.56 Å². The van der Waals surface area contributed by atoms with Crippen molar-refractivity contribution in [1.82, 2.24) is 9.97 Å². The summed E-state index contributed by atoms with van der Waals surface area (Å²) in [6, 6.07) is 30.5. The van der Waals surface area contributed by atoms with Crippen molar-refractivity contribution in [3.05, 3.63) is 115 Å². The van der Waals surface area contributed by atoms with Gasteiger partial charge in [-0.05, 0) is 25.0 Å². The molecule has 5 aromatic rings. The van der Waals surface area contributed by atoms with Gasteiger partial charge < -0.3 is 4.42 Å². The second-order valence-electron chi connectivity index (χ2n) is 8.01. The van der Waals surface area contributed by atoms with E-state index < -0.39 is 0 Å². The summed E-state index contributed by atoms with van der Waals surface area (Å²) in [5.41, 5.74) is 7.37. The Labute approximate surface area is 193 Å². The van der Waals surface area contributed by atoms with Crippen molar-refractivity contribution < 1.29 is 4.42 Å². The molecule has 0 radical (unpaired) electrons. The molecule has 3 heteroatoms. The molecule has 0 amide bonds. The van der Waals surface area contributed by atoms with E-state index in [9.17, 15) is 0 Å². The van der Waals surface area contributed by atoms with Gasteiger partial charge >= 0.3 is 0 Å². The summed E-state index contributed by atoms with van der Waals surface area (Å²) in [6.07, 6.45) is 10.0. The molecule has 1 aliphatic carbocycles. The van der Waals surface area contributed by atoms with E-state index in [4.69, 9.17) is 4.42 Å². The van der Waals surface area contributed by atoms with E-state index >= 15 is 0 Å². The van der Waals surface area contributed by atoms with Gasteiger partial charge in [-0.3, -0.25) is 0 Å². The first kappa shape index (κ1) is 19.3. The zero-order chi connectivity index (χ0) is 22.0. The van der Waals surface area contributed by atoms with Gasteiger partial charge in [0.15, 0.2) is 5.82 Å². The van der Waals surface area contributed by atoms with E-state index in [0.29, 0.717) is 5.82 Å². The van der Waals surface area contributed by atoms with E-state index in [1.54, 1.807) is 0 Å². The zero-order valence-corrected chi connectivity index (χ0v) is 18.0. The van der Waals surface area contributed by atoms with Crippen LogP contribution in [0.3, 0.4) is 0 Å². The lowest BCUT2D eigenvalue weighted by molar-refractivity contribution is 0.593. The summed E-state index contributed by atoms with van der Waals surface area (Å²) in [6.45, 7) is 0. The smallest absolute Gasteiger partial charge is 0.159 e. The molecule has 6 rings (SSSR count). The third-order valence-electron chi connectivity index (χ3n) is 5.95. The Morgan fingerprint density at radius 2 is 1.55 bits per heavy atom. The number of benzene rings is 2. The third-order valence-corrected chi connectivity index (χ3v) is 5.95. The second-order valence-corrected chi connectivity index (χ2v) is 8.01. The normalized spacial score (nSPS) is 12.2. The van der Waals surface area contributed by atoms with Crippen LogP contribution in [0.15, 0.2) is 95.7 Å². The predicted octanol–water partition coefficient (Wildman–Crippen LogP) is 7.30. The van der Waals surface area contributed by atoms with Crippen LogP contribution in [0.2, 0.25) is 0 Å². The fourth-order valence-corrected chi connectivity index (χ4v) is 4.37. The Balaban J connectivity index is 1.48. The summed E-state index contributed by atoms with van der Waals surface area (Å²) < 4.78 is 6.59. The highest BCUT2D eigenvalue weighted by Gasteiger charge is 2.24. The molecule has 156 valence electrons. The van der Waals surface area contributed by atoms with Crippen molar-refractivity contribution >= 4 is 6.08 Å². The predicted molar refractivity (Wildman–Crippen MR) is 131 cm³/mol. The summed E-state index contributed by atoms with van der Waals surface area (Å²) in [5, 5.41) is 0. The van der Waals surface area contributed by atoms with Crippen molar-refractivity contribution in [3.8, 4) is 45.2 Å². The van der Waals surface area contributed by atoms with E-state index in [1.807, 2.05) is 60.9 Å². The standard InChI is InChI=1S/C30H20N2O/c1-3-11-21(12-4-1)24-15-7-8-16-25(24)29-27-18-10-9-17-26(27)28(33-29)23-19-31-30(32-20-23)22-13-5-2-6-14-22/h1-3,5-9,11,13-17,19-20H,10,18H2. The quantitative estimate of drug-likeness (QED) is 0.304. The van der Waals surface area contributed by atoms with Gasteiger partial charge in [-0.2, -0.15) is 0 Å². The number of furan rings is 1. The van der Waals surface area contributed by atoms with Crippen LogP contribution in [0.4, 0.5) is 0 Å². The number of rotatable bonds is 4. The summed E-state index contributed by atoms with van der Waals surface area (Å²) >= 11 is 0. The maximum absolute atomic E-state index is 6.59. The van der Waals surface area contributed by atoms with E-state index in [2.05, 4.69) is 58.5 Å². The zero-order valence-electron chi connectivity index (χ0n) is 18.0. The summed E-state index contributed by atoms with van der Waals surface area (Å²) in [5.74, 6) is 2.43. The number of hydrogen-bond acceptors (Lipinski definition) is 3. The molecule has 0 saturated carbocycles. The fourth-order valence-electron chi connectivity index (χ4n) is 4.37. The number of nitrogens with zero attached hydrogens (tertiary/aromatic N) is 2. The molecule has 33 heavy (non-hydrogen) atoms. The first-order valence-corrected chi connectivity index (χ1v) is 11.1. The van der Waals surface area contributed by atoms with Gasteiger partial charge in [-0.15, -0.1) is 0 Å². The molecule has 0 spiro atoms. The van der Waals surface area contributed by atoms with Crippen LogP contribution >= 0.6 is 0 Å². The van der Waals surface area contributed by atoms with Crippen LogP contribution in [0.1, 0.15) is 17.5 Å². The lowest BCUT2D eigenvalue weighted by Crippen LogP contribution is -1.94. The number of fused-ring (bicyclic) bond motifs is 1. The molecule has 0 bridgehead atoms. The lowest BCUT2D eigenvalue weighted by Gasteiger charge is -2.10. The van der Waals surface area contributed by atoms with Crippen LogP contribution in [0, 0.1) is 12.1 Å². The topological polar surface area (TPSA) is 38.9 Å². The van der Waals surface area contributed by atoms with Crippen molar-refractivity contribution in [1.29, 1.82) is 0 Å². The molecule has 0 unspecified atom stereocenters. The Bertz CT molecular complexity index is 1430. The number of allylic oxidation sites excluding steroid dienone is 1. The van der Waals surface area contributed by atoms with Gasteiger partial charge in [-0.1, -0.05) is 84.9 Å². The molecular formula is C30H20N2O. The number of hydrogen-bond donors (Lipinski definition) is 0. The second kappa shape index (κ2) is 8.26. The molecule has 3 nitrogen and oxygen atoms in total. The molecule has 0 fully saturated rings. The summed E-state index contributed by atoms with van der Waals surface area (Å²) in [7, 11) is 0. The van der Waals surface area contributed by atoms with Crippen LogP contribution in [-0.4, -0.2) is 9.97 Å². The highest BCUT2D eigenvalue weighted by Crippen LogP contribution is 2.43. The van der Waals surface area contributed by atoms with Crippen molar-refractivity contribution in [3.63, 3.8) is 0 Å².